The molecule has 0 saturated heterocycles. The molecule has 0 bridgehead atoms. The number of nitrogens with one attached hydrogen (secondary N) is 3. The number of H-pyrrole nitrogens is 1. The van der Waals surface area contributed by atoms with Gasteiger partial charge in [0.05, 0.1) is 12.2 Å². The van der Waals surface area contributed by atoms with Crippen LogP contribution in [0.2, 0.25) is 0 Å². The Morgan fingerprint density at radius 2 is 2.30 bits per heavy atom. The van der Waals surface area contributed by atoms with Crippen molar-refractivity contribution >= 4 is 40.7 Å². The standard InChI is InChI=1S/C15H27N5OS.HI/c1-3-16-15(17-11-13-8-9-18-20-13)19-12-6-5-7-14(10-12)22(21)4-2;/h8-9,12,14H,3-7,10-11H2,1-2H3,(H,18,20)(H2,16,17,19);1H. The topological polar surface area (TPSA) is 82.2 Å². The molecule has 6 nitrogen and oxygen atoms in total. The summed E-state index contributed by atoms with van der Waals surface area (Å²) in [5.74, 6) is 1.58. The molecule has 8 heteroatoms. The SMILES string of the molecule is CCNC(=NCc1ccn[nH]1)NC1CCCC(S(=O)CC)C1.I. The van der Waals surface area contributed by atoms with Crippen molar-refractivity contribution in [1.82, 2.24) is 20.8 Å². The number of aromatic nitrogens is 2. The summed E-state index contributed by atoms with van der Waals surface area (Å²) in [7, 11) is -0.694. The molecule has 1 saturated carbocycles. The highest BCUT2D eigenvalue weighted by atomic mass is 127. The largest absolute Gasteiger partial charge is 0.357 e. The number of aliphatic imine (C=N–C) groups is 1. The summed E-state index contributed by atoms with van der Waals surface area (Å²) in [6.07, 6.45) is 6.03. The Labute approximate surface area is 158 Å². The molecular formula is C15H28IN5OS. The third kappa shape index (κ3) is 6.78. The van der Waals surface area contributed by atoms with Gasteiger partial charge in [0.25, 0.3) is 0 Å². The summed E-state index contributed by atoms with van der Waals surface area (Å²) in [4.78, 5) is 4.59. The van der Waals surface area contributed by atoms with E-state index < -0.39 is 10.8 Å². The first-order chi connectivity index (χ1) is 10.7. The molecule has 3 N–H and O–H groups in total. The summed E-state index contributed by atoms with van der Waals surface area (Å²) >= 11 is 0. The Hall–Kier alpha value is -0.640. The Balaban J connectivity index is 0.00000264. The van der Waals surface area contributed by atoms with Gasteiger partial charge >= 0.3 is 0 Å². The van der Waals surface area contributed by atoms with Crippen LogP contribution in [0.25, 0.3) is 0 Å². The van der Waals surface area contributed by atoms with Crippen molar-refractivity contribution in [1.29, 1.82) is 0 Å². The monoisotopic (exact) mass is 453 g/mol. The lowest BCUT2D eigenvalue weighted by Gasteiger charge is -2.30. The number of hydrogen-bond acceptors (Lipinski definition) is 3. The van der Waals surface area contributed by atoms with Gasteiger partial charge in [0.1, 0.15) is 0 Å². The molecule has 23 heavy (non-hydrogen) atoms. The maximum atomic E-state index is 12.0. The van der Waals surface area contributed by atoms with Gasteiger partial charge in [-0.1, -0.05) is 13.3 Å². The first-order valence-corrected chi connectivity index (χ1v) is 9.51. The van der Waals surface area contributed by atoms with Crippen molar-refractivity contribution < 1.29 is 4.21 Å². The zero-order valence-electron chi connectivity index (χ0n) is 13.9. The number of halogens is 1. The second-order valence-electron chi connectivity index (χ2n) is 5.58. The molecule has 1 aromatic rings. The average Bonchev–Trinajstić information content (AvgIpc) is 3.06. The maximum Gasteiger partial charge on any atom is 0.191 e. The number of hydrogen-bond donors (Lipinski definition) is 3. The Bertz CT molecular complexity index is 494. The number of rotatable bonds is 6. The maximum absolute atomic E-state index is 12.0. The van der Waals surface area contributed by atoms with E-state index in [-0.39, 0.29) is 24.0 Å². The fourth-order valence-corrected chi connectivity index (χ4v) is 4.15. The van der Waals surface area contributed by atoms with Gasteiger partial charge in [-0.2, -0.15) is 5.10 Å². The highest BCUT2D eigenvalue weighted by Gasteiger charge is 2.25. The van der Waals surface area contributed by atoms with Gasteiger partial charge in [0, 0.05) is 40.6 Å². The van der Waals surface area contributed by atoms with E-state index in [9.17, 15) is 4.21 Å². The van der Waals surface area contributed by atoms with Gasteiger partial charge in [-0.3, -0.25) is 9.31 Å². The molecule has 3 unspecified atom stereocenters. The van der Waals surface area contributed by atoms with Crippen molar-refractivity contribution in [2.24, 2.45) is 4.99 Å². The van der Waals surface area contributed by atoms with E-state index in [0.29, 0.717) is 17.8 Å². The van der Waals surface area contributed by atoms with Crippen molar-refractivity contribution in [3.8, 4) is 0 Å². The van der Waals surface area contributed by atoms with Gasteiger partial charge in [0.15, 0.2) is 5.96 Å². The van der Waals surface area contributed by atoms with E-state index in [0.717, 1.165) is 49.6 Å². The first kappa shape index (κ1) is 20.4. The normalized spacial score (nSPS) is 23.0. The lowest BCUT2D eigenvalue weighted by molar-refractivity contribution is 0.413. The molecule has 1 aliphatic carbocycles. The summed E-state index contributed by atoms with van der Waals surface area (Å²) < 4.78 is 12.0. The van der Waals surface area contributed by atoms with Gasteiger partial charge in [-0.15, -0.1) is 24.0 Å². The van der Waals surface area contributed by atoms with Gasteiger partial charge in [-0.05, 0) is 32.3 Å². The van der Waals surface area contributed by atoms with Gasteiger partial charge in [0.2, 0.25) is 0 Å². The van der Waals surface area contributed by atoms with E-state index in [2.05, 4.69) is 32.7 Å². The molecule has 1 aromatic heterocycles. The number of aromatic amines is 1. The fraction of sp³-hybridized carbons (Fsp3) is 0.733. The summed E-state index contributed by atoms with van der Waals surface area (Å²) in [5.41, 5.74) is 0.991. The van der Waals surface area contributed by atoms with Crippen LogP contribution < -0.4 is 10.6 Å². The van der Waals surface area contributed by atoms with E-state index in [1.165, 1.54) is 0 Å². The average molecular weight is 453 g/mol. The van der Waals surface area contributed by atoms with E-state index in [1.54, 1.807) is 6.20 Å². The molecule has 3 atom stereocenters. The quantitative estimate of drug-likeness (QED) is 0.350. The molecule has 0 aliphatic heterocycles. The minimum atomic E-state index is -0.694. The lowest BCUT2D eigenvalue weighted by atomic mass is 9.95. The molecule has 1 fully saturated rings. The summed E-state index contributed by atoms with van der Waals surface area (Å²) in [5, 5.41) is 13.9. The Morgan fingerprint density at radius 1 is 1.48 bits per heavy atom. The van der Waals surface area contributed by atoms with Crippen molar-refractivity contribution in [3.05, 3.63) is 18.0 Å². The summed E-state index contributed by atoms with van der Waals surface area (Å²) in [6, 6.07) is 2.28. The third-order valence-corrected chi connectivity index (χ3v) is 5.67. The zero-order chi connectivity index (χ0) is 15.8. The van der Waals surface area contributed by atoms with Crippen LogP contribution in [0.3, 0.4) is 0 Å². The Kier molecular flexibility index (Phi) is 9.77. The smallest absolute Gasteiger partial charge is 0.191 e. The lowest BCUT2D eigenvalue weighted by Crippen LogP contribution is -2.46. The molecule has 0 aromatic carbocycles. The van der Waals surface area contributed by atoms with Crippen LogP contribution in [-0.2, 0) is 17.3 Å². The highest BCUT2D eigenvalue weighted by molar-refractivity contribution is 14.0. The minimum absolute atomic E-state index is 0. The third-order valence-electron chi connectivity index (χ3n) is 3.93. The van der Waals surface area contributed by atoms with Crippen LogP contribution in [0.4, 0.5) is 0 Å². The first-order valence-electron chi connectivity index (χ1n) is 8.13. The van der Waals surface area contributed by atoms with E-state index in [1.807, 2.05) is 13.0 Å². The molecule has 132 valence electrons. The zero-order valence-corrected chi connectivity index (χ0v) is 17.0. The molecule has 1 aliphatic rings. The molecule has 0 amide bonds. The second kappa shape index (κ2) is 11.0. The minimum Gasteiger partial charge on any atom is -0.357 e. The van der Waals surface area contributed by atoms with E-state index in [4.69, 9.17) is 0 Å². The van der Waals surface area contributed by atoms with E-state index >= 15 is 0 Å². The highest BCUT2D eigenvalue weighted by Crippen LogP contribution is 2.22. The number of nitrogens with zero attached hydrogens (tertiary/aromatic N) is 2. The van der Waals surface area contributed by atoms with Crippen LogP contribution in [0.5, 0.6) is 0 Å². The van der Waals surface area contributed by atoms with Gasteiger partial charge in [-0.25, -0.2) is 4.99 Å². The fourth-order valence-electron chi connectivity index (χ4n) is 2.80. The molecular weight excluding hydrogens is 425 g/mol. The van der Waals surface area contributed by atoms with Crippen molar-refractivity contribution in [2.45, 2.75) is 57.4 Å². The van der Waals surface area contributed by atoms with Gasteiger partial charge < -0.3 is 10.6 Å². The second-order valence-corrected chi connectivity index (χ2v) is 7.58. The van der Waals surface area contributed by atoms with Crippen molar-refractivity contribution in [2.75, 3.05) is 12.3 Å². The molecule has 1 heterocycles. The Morgan fingerprint density at radius 3 is 2.96 bits per heavy atom. The number of guanidine groups is 1. The van der Waals surface area contributed by atoms with Crippen LogP contribution in [0, 0.1) is 0 Å². The van der Waals surface area contributed by atoms with Crippen LogP contribution in [0.1, 0.15) is 45.2 Å². The van der Waals surface area contributed by atoms with Crippen LogP contribution >= 0.6 is 24.0 Å². The van der Waals surface area contributed by atoms with Crippen molar-refractivity contribution in [3.63, 3.8) is 0 Å². The van der Waals surface area contributed by atoms with Crippen LogP contribution in [-0.4, -0.2) is 44.0 Å². The predicted octanol–water partition coefficient (Wildman–Crippen LogP) is 2.16. The predicted molar refractivity (Wildman–Crippen MR) is 107 cm³/mol. The molecule has 0 radical (unpaired) electrons. The molecule has 2 rings (SSSR count). The van der Waals surface area contributed by atoms with Crippen LogP contribution in [0.15, 0.2) is 17.3 Å². The summed E-state index contributed by atoms with van der Waals surface area (Å²) in [6.45, 7) is 5.46. The molecule has 0 spiro atoms.